The molecule has 4 rings (SSSR count). The summed E-state index contributed by atoms with van der Waals surface area (Å²) in [7, 11) is 0. The van der Waals surface area contributed by atoms with Crippen molar-refractivity contribution in [2.75, 3.05) is 13.1 Å². The van der Waals surface area contributed by atoms with Crippen molar-refractivity contribution in [1.29, 1.82) is 0 Å². The fourth-order valence-corrected chi connectivity index (χ4v) is 3.45. The first-order valence-electron chi connectivity index (χ1n) is 9.06. The zero-order chi connectivity index (χ0) is 19.5. The minimum absolute atomic E-state index is 0.121. The Morgan fingerprint density at radius 3 is 2.75 bits per heavy atom. The van der Waals surface area contributed by atoms with Gasteiger partial charge in [-0.05, 0) is 42.8 Å². The number of piperidine rings is 1. The Labute approximate surface area is 160 Å². The van der Waals surface area contributed by atoms with Crippen LogP contribution in [0.25, 0.3) is 5.69 Å². The molecule has 0 bridgehead atoms. The predicted molar refractivity (Wildman–Crippen MR) is 99.2 cm³/mol. The topological polar surface area (TPSA) is 71.8 Å². The number of aromatic nitrogens is 3. The Balaban J connectivity index is 1.51. The van der Waals surface area contributed by atoms with Crippen LogP contribution in [0.5, 0.6) is 0 Å². The van der Waals surface area contributed by atoms with Crippen LogP contribution in [0.3, 0.4) is 0 Å². The third kappa shape index (κ3) is 3.77. The maximum absolute atomic E-state index is 13.7. The fraction of sp³-hybridized carbons (Fsp3) is 0.250. The summed E-state index contributed by atoms with van der Waals surface area (Å²) in [5.41, 5.74) is 1.61. The molecule has 1 fully saturated rings. The number of carbonyl (C=O) groups is 1. The summed E-state index contributed by atoms with van der Waals surface area (Å²) in [5.74, 6) is -2.24. The molecule has 0 saturated carbocycles. The van der Waals surface area contributed by atoms with E-state index in [1.165, 1.54) is 17.1 Å². The van der Waals surface area contributed by atoms with E-state index in [2.05, 4.69) is 20.8 Å². The molecular weight excluding hydrogens is 364 g/mol. The maximum atomic E-state index is 13.7. The minimum atomic E-state index is -0.882. The summed E-state index contributed by atoms with van der Waals surface area (Å²) in [6.45, 7) is 1.27. The van der Waals surface area contributed by atoms with E-state index < -0.39 is 11.6 Å². The van der Waals surface area contributed by atoms with Crippen molar-refractivity contribution in [3.8, 4) is 5.69 Å². The van der Waals surface area contributed by atoms with Crippen LogP contribution in [0, 0.1) is 11.6 Å². The highest BCUT2D eigenvalue weighted by Crippen LogP contribution is 2.27. The molecule has 1 aromatic heterocycles. The lowest BCUT2D eigenvalue weighted by Crippen LogP contribution is -2.50. The highest BCUT2D eigenvalue weighted by molar-refractivity contribution is 5.92. The molecule has 3 aromatic rings. The largest absolute Gasteiger partial charge is 0.346 e. The number of nitrogens with zero attached hydrogens (tertiary/aromatic N) is 3. The van der Waals surface area contributed by atoms with E-state index in [0.29, 0.717) is 18.5 Å². The van der Waals surface area contributed by atoms with Gasteiger partial charge >= 0.3 is 0 Å². The first kappa shape index (κ1) is 18.2. The van der Waals surface area contributed by atoms with E-state index in [0.717, 1.165) is 18.3 Å². The fourth-order valence-electron chi connectivity index (χ4n) is 3.45. The Morgan fingerprint density at radius 2 is 1.96 bits per heavy atom. The molecule has 2 aromatic carbocycles. The van der Waals surface area contributed by atoms with Gasteiger partial charge in [-0.1, -0.05) is 24.3 Å². The summed E-state index contributed by atoms with van der Waals surface area (Å²) in [6, 6.07) is 12.9. The third-order valence-corrected chi connectivity index (χ3v) is 4.88. The molecule has 1 amide bonds. The number of amides is 1. The van der Waals surface area contributed by atoms with E-state index in [1.54, 1.807) is 6.07 Å². The molecule has 2 unspecified atom stereocenters. The second-order valence-electron chi connectivity index (χ2n) is 6.71. The number of benzene rings is 2. The number of halogens is 2. The lowest BCUT2D eigenvalue weighted by Gasteiger charge is -2.33. The van der Waals surface area contributed by atoms with Crippen molar-refractivity contribution < 1.29 is 13.6 Å². The zero-order valence-electron chi connectivity index (χ0n) is 15.0. The van der Waals surface area contributed by atoms with Gasteiger partial charge in [0.05, 0.1) is 11.9 Å². The van der Waals surface area contributed by atoms with Gasteiger partial charge in [-0.15, -0.1) is 5.10 Å². The Kier molecular flexibility index (Phi) is 5.12. The second kappa shape index (κ2) is 7.85. The molecule has 0 spiro atoms. The molecule has 6 nitrogen and oxygen atoms in total. The Hall–Kier alpha value is -3.13. The van der Waals surface area contributed by atoms with Gasteiger partial charge in [-0.2, -0.15) is 9.90 Å². The molecule has 2 heterocycles. The molecule has 1 aliphatic heterocycles. The minimum Gasteiger partial charge on any atom is -0.346 e. The number of hydrogen-bond donors (Lipinski definition) is 2. The van der Waals surface area contributed by atoms with Crippen LogP contribution in [0.1, 0.15) is 28.4 Å². The Morgan fingerprint density at radius 1 is 1.14 bits per heavy atom. The predicted octanol–water partition coefficient (Wildman–Crippen LogP) is 2.42. The molecular formula is C20H19F2N5O. The molecule has 2 atom stereocenters. The number of para-hydroxylation sites is 1. The number of hydrogen-bond acceptors (Lipinski definition) is 4. The number of nitrogens with one attached hydrogen (secondary N) is 2. The van der Waals surface area contributed by atoms with E-state index >= 15 is 0 Å². The lowest BCUT2D eigenvalue weighted by molar-refractivity contribution is 0.0919. The van der Waals surface area contributed by atoms with Crippen LogP contribution in [-0.4, -0.2) is 40.0 Å². The normalized spacial score (nSPS) is 19.4. The lowest BCUT2D eigenvalue weighted by atomic mass is 9.86. The second-order valence-corrected chi connectivity index (χ2v) is 6.71. The highest BCUT2D eigenvalue weighted by Gasteiger charge is 2.29. The van der Waals surface area contributed by atoms with Gasteiger partial charge < -0.3 is 10.6 Å². The number of carbonyl (C=O) groups excluding carboxylic acids is 1. The van der Waals surface area contributed by atoms with Gasteiger partial charge in [0, 0.05) is 18.5 Å². The van der Waals surface area contributed by atoms with Gasteiger partial charge in [0.25, 0.3) is 5.91 Å². The molecule has 0 aliphatic carbocycles. The number of rotatable bonds is 4. The standard InChI is InChI=1S/C20H19F2N5O/c21-16-7-6-13(10-17(16)22)15-8-9-23-11-18(15)25-20(28)19-12-24-27(26-19)14-4-2-1-3-5-14/h1-7,10,12,15,18,23H,8-9,11H2,(H,25,28). The van der Waals surface area contributed by atoms with Crippen molar-refractivity contribution in [3.63, 3.8) is 0 Å². The summed E-state index contributed by atoms with van der Waals surface area (Å²) in [4.78, 5) is 14.1. The first-order chi connectivity index (χ1) is 13.6. The summed E-state index contributed by atoms with van der Waals surface area (Å²) >= 11 is 0. The molecule has 28 heavy (non-hydrogen) atoms. The third-order valence-electron chi connectivity index (χ3n) is 4.88. The van der Waals surface area contributed by atoms with Crippen LogP contribution in [-0.2, 0) is 0 Å². The summed E-state index contributed by atoms with van der Waals surface area (Å²) in [5, 5.41) is 14.5. The molecule has 0 radical (unpaired) electrons. The molecule has 1 saturated heterocycles. The van der Waals surface area contributed by atoms with Gasteiger partial charge in [-0.25, -0.2) is 8.78 Å². The van der Waals surface area contributed by atoms with Crippen LogP contribution in [0.4, 0.5) is 8.78 Å². The van der Waals surface area contributed by atoms with Gasteiger partial charge in [0.1, 0.15) is 0 Å². The van der Waals surface area contributed by atoms with Crippen molar-refractivity contribution in [1.82, 2.24) is 25.6 Å². The quantitative estimate of drug-likeness (QED) is 0.726. The average molecular weight is 383 g/mol. The summed E-state index contributed by atoms with van der Waals surface area (Å²) in [6.07, 6.45) is 2.11. The van der Waals surface area contributed by atoms with Gasteiger partial charge in [-0.3, -0.25) is 4.79 Å². The van der Waals surface area contributed by atoms with E-state index in [-0.39, 0.29) is 23.6 Å². The summed E-state index contributed by atoms with van der Waals surface area (Å²) < 4.78 is 26.9. The van der Waals surface area contributed by atoms with E-state index in [1.807, 2.05) is 30.3 Å². The first-order valence-corrected chi connectivity index (χ1v) is 9.06. The van der Waals surface area contributed by atoms with E-state index in [9.17, 15) is 13.6 Å². The zero-order valence-corrected chi connectivity index (χ0v) is 15.0. The van der Waals surface area contributed by atoms with Crippen LogP contribution < -0.4 is 10.6 Å². The van der Waals surface area contributed by atoms with Crippen LogP contribution >= 0.6 is 0 Å². The van der Waals surface area contributed by atoms with E-state index in [4.69, 9.17) is 0 Å². The smallest absolute Gasteiger partial charge is 0.273 e. The SMILES string of the molecule is O=C(NC1CNCCC1c1ccc(F)c(F)c1)c1cnn(-c2ccccc2)n1. The monoisotopic (exact) mass is 383 g/mol. The molecule has 1 aliphatic rings. The Bertz CT molecular complexity index is 976. The van der Waals surface area contributed by atoms with Crippen molar-refractivity contribution in [3.05, 3.63) is 77.6 Å². The highest BCUT2D eigenvalue weighted by atomic mass is 19.2. The molecule has 144 valence electrons. The maximum Gasteiger partial charge on any atom is 0.273 e. The molecule has 2 N–H and O–H groups in total. The van der Waals surface area contributed by atoms with Crippen molar-refractivity contribution >= 4 is 5.91 Å². The average Bonchev–Trinajstić information content (AvgIpc) is 3.22. The van der Waals surface area contributed by atoms with Gasteiger partial charge in [0.15, 0.2) is 17.3 Å². The molecule has 8 heteroatoms. The van der Waals surface area contributed by atoms with Crippen LogP contribution in [0.15, 0.2) is 54.7 Å². The van der Waals surface area contributed by atoms with Gasteiger partial charge in [0.2, 0.25) is 0 Å². The van der Waals surface area contributed by atoms with Crippen molar-refractivity contribution in [2.45, 2.75) is 18.4 Å². The van der Waals surface area contributed by atoms with Crippen molar-refractivity contribution in [2.24, 2.45) is 0 Å². The van der Waals surface area contributed by atoms with Crippen LogP contribution in [0.2, 0.25) is 0 Å².